The molecule has 1 heterocycles. The van der Waals surface area contributed by atoms with Crippen molar-refractivity contribution in [1.29, 1.82) is 0 Å². The zero-order valence-electron chi connectivity index (χ0n) is 11.1. The fourth-order valence-corrected chi connectivity index (χ4v) is 1.62. The van der Waals surface area contributed by atoms with Gasteiger partial charge in [0.25, 0.3) is 0 Å². The van der Waals surface area contributed by atoms with E-state index < -0.39 is 0 Å². The molecule has 1 aromatic heterocycles. The second kappa shape index (κ2) is 8.22. The van der Waals surface area contributed by atoms with Gasteiger partial charge in [0.15, 0.2) is 0 Å². The summed E-state index contributed by atoms with van der Waals surface area (Å²) in [5.41, 5.74) is 0. The van der Waals surface area contributed by atoms with Crippen LogP contribution in [0.5, 0.6) is 0 Å². The first kappa shape index (κ1) is 14.2. The van der Waals surface area contributed by atoms with Gasteiger partial charge in [0, 0.05) is 45.7 Å². The van der Waals surface area contributed by atoms with Gasteiger partial charge in [-0.3, -0.25) is 0 Å². The van der Waals surface area contributed by atoms with Gasteiger partial charge in [0.1, 0.15) is 5.82 Å². The van der Waals surface area contributed by atoms with E-state index in [9.17, 15) is 0 Å². The molecule has 5 nitrogen and oxygen atoms in total. The Kier molecular flexibility index (Phi) is 6.84. The van der Waals surface area contributed by atoms with Crippen LogP contribution in [0.15, 0.2) is 12.4 Å². The largest absolute Gasteiger partial charge is 0.383 e. The van der Waals surface area contributed by atoms with Gasteiger partial charge in [-0.1, -0.05) is 0 Å². The van der Waals surface area contributed by atoms with Gasteiger partial charge in [-0.05, 0) is 14.0 Å². The third-order valence-corrected chi connectivity index (χ3v) is 2.77. The Morgan fingerprint density at radius 2 is 2.29 bits per heavy atom. The number of nitrogens with zero attached hydrogens (tertiary/aromatic N) is 3. The van der Waals surface area contributed by atoms with E-state index in [-0.39, 0.29) is 0 Å². The molecule has 17 heavy (non-hydrogen) atoms. The first-order chi connectivity index (χ1) is 8.27. The highest BCUT2D eigenvalue weighted by Crippen LogP contribution is 1.96. The van der Waals surface area contributed by atoms with Crippen molar-refractivity contribution in [3.05, 3.63) is 18.2 Å². The molecule has 0 amide bonds. The van der Waals surface area contributed by atoms with E-state index in [0.717, 1.165) is 45.2 Å². The van der Waals surface area contributed by atoms with Crippen molar-refractivity contribution in [3.63, 3.8) is 0 Å². The van der Waals surface area contributed by atoms with Gasteiger partial charge < -0.3 is 19.5 Å². The first-order valence-corrected chi connectivity index (χ1v) is 6.16. The van der Waals surface area contributed by atoms with Crippen LogP contribution in [0, 0.1) is 0 Å². The summed E-state index contributed by atoms with van der Waals surface area (Å²) in [7, 11) is 3.84. The average molecular weight is 240 g/mol. The molecule has 0 aliphatic heterocycles. The number of rotatable bonds is 9. The fraction of sp³-hybridized carbons (Fsp3) is 0.750. The molecule has 0 radical (unpaired) electrons. The van der Waals surface area contributed by atoms with Crippen LogP contribution in [0.4, 0.5) is 0 Å². The van der Waals surface area contributed by atoms with Gasteiger partial charge in [-0.25, -0.2) is 4.98 Å². The minimum absolute atomic E-state index is 0.788. The lowest BCUT2D eigenvalue weighted by atomic mass is 10.5. The van der Waals surface area contributed by atoms with Gasteiger partial charge in [0.05, 0.1) is 13.2 Å². The van der Waals surface area contributed by atoms with Crippen molar-refractivity contribution >= 4 is 0 Å². The molecular formula is C12H24N4O. The summed E-state index contributed by atoms with van der Waals surface area (Å²) in [4.78, 5) is 6.57. The van der Waals surface area contributed by atoms with Gasteiger partial charge in [-0.2, -0.15) is 0 Å². The van der Waals surface area contributed by atoms with Crippen LogP contribution < -0.4 is 5.32 Å². The molecule has 0 fully saturated rings. The second-order valence-electron chi connectivity index (χ2n) is 4.10. The van der Waals surface area contributed by atoms with E-state index >= 15 is 0 Å². The van der Waals surface area contributed by atoms with Crippen molar-refractivity contribution in [2.45, 2.75) is 20.0 Å². The number of nitrogens with one attached hydrogen (secondary N) is 1. The Morgan fingerprint density at radius 1 is 1.47 bits per heavy atom. The molecule has 1 aromatic rings. The van der Waals surface area contributed by atoms with Gasteiger partial charge >= 0.3 is 0 Å². The van der Waals surface area contributed by atoms with E-state index in [2.05, 4.69) is 33.7 Å². The number of aromatic nitrogens is 2. The maximum Gasteiger partial charge on any atom is 0.122 e. The van der Waals surface area contributed by atoms with Crippen LogP contribution in [0.3, 0.4) is 0 Å². The van der Waals surface area contributed by atoms with Crippen LogP contribution in [0.25, 0.3) is 0 Å². The maximum absolute atomic E-state index is 5.03. The van der Waals surface area contributed by atoms with Crippen LogP contribution in [-0.4, -0.2) is 54.8 Å². The maximum atomic E-state index is 5.03. The quantitative estimate of drug-likeness (QED) is 0.641. The summed E-state index contributed by atoms with van der Waals surface area (Å²) in [6, 6.07) is 0. The van der Waals surface area contributed by atoms with Crippen molar-refractivity contribution in [2.75, 3.05) is 40.4 Å². The molecule has 0 saturated carbocycles. The first-order valence-electron chi connectivity index (χ1n) is 6.16. The number of methoxy groups -OCH3 is 1. The van der Waals surface area contributed by atoms with Crippen molar-refractivity contribution in [3.8, 4) is 0 Å². The zero-order chi connectivity index (χ0) is 12.5. The molecule has 98 valence electrons. The Balaban J connectivity index is 2.11. The van der Waals surface area contributed by atoms with Crippen molar-refractivity contribution in [1.82, 2.24) is 19.8 Å². The summed E-state index contributed by atoms with van der Waals surface area (Å²) >= 11 is 0. The van der Waals surface area contributed by atoms with Crippen molar-refractivity contribution in [2.24, 2.45) is 0 Å². The van der Waals surface area contributed by atoms with Gasteiger partial charge in [0.2, 0.25) is 0 Å². The Labute approximate surface area is 104 Å². The lowest BCUT2D eigenvalue weighted by Crippen LogP contribution is -2.31. The standard InChI is InChI=1S/C12H24N4O/c1-4-16-8-6-14-12(16)11-13-5-7-15(2)9-10-17-3/h6,8,13H,4-5,7,9-11H2,1-3H3. The predicted molar refractivity (Wildman–Crippen MR) is 69.0 cm³/mol. The van der Waals surface area contributed by atoms with E-state index in [1.807, 2.05) is 12.4 Å². The highest BCUT2D eigenvalue weighted by atomic mass is 16.5. The number of ether oxygens (including phenoxy) is 1. The molecule has 0 aromatic carbocycles. The van der Waals surface area contributed by atoms with Crippen LogP contribution in [0.2, 0.25) is 0 Å². The molecule has 0 aliphatic carbocycles. The number of likely N-dealkylation sites (N-methyl/N-ethyl adjacent to an activating group) is 1. The normalized spacial score (nSPS) is 11.3. The highest BCUT2D eigenvalue weighted by molar-refractivity contribution is 4.91. The SMILES string of the molecule is CCn1ccnc1CNCCN(C)CCOC. The van der Waals surface area contributed by atoms with E-state index in [1.54, 1.807) is 7.11 Å². The summed E-state index contributed by atoms with van der Waals surface area (Å²) in [6.45, 7) is 7.69. The van der Waals surface area contributed by atoms with Gasteiger partial charge in [-0.15, -0.1) is 0 Å². The molecule has 0 spiro atoms. The molecule has 5 heteroatoms. The average Bonchev–Trinajstić information content (AvgIpc) is 2.79. The lowest BCUT2D eigenvalue weighted by Gasteiger charge is -2.16. The minimum Gasteiger partial charge on any atom is -0.383 e. The summed E-state index contributed by atoms with van der Waals surface area (Å²) in [5, 5.41) is 3.40. The monoisotopic (exact) mass is 240 g/mol. The van der Waals surface area contributed by atoms with Crippen LogP contribution in [0.1, 0.15) is 12.7 Å². The zero-order valence-corrected chi connectivity index (χ0v) is 11.1. The van der Waals surface area contributed by atoms with Crippen LogP contribution in [-0.2, 0) is 17.8 Å². The molecule has 0 aliphatic rings. The number of hydrogen-bond acceptors (Lipinski definition) is 4. The van der Waals surface area contributed by atoms with Crippen molar-refractivity contribution < 1.29 is 4.74 Å². The third kappa shape index (κ3) is 5.30. The Hall–Kier alpha value is -0.910. The van der Waals surface area contributed by atoms with E-state index in [1.165, 1.54) is 0 Å². The second-order valence-corrected chi connectivity index (χ2v) is 4.10. The van der Waals surface area contributed by atoms with E-state index in [0.29, 0.717) is 0 Å². The summed E-state index contributed by atoms with van der Waals surface area (Å²) in [5.74, 6) is 1.10. The molecule has 0 unspecified atom stereocenters. The molecule has 0 bridgehead atoms. The molecular weight excluding hydrogens is 216 g/mol. The third-order valence-electron chi connectivity index (χ3n) is 2.77. The smallest absolute Gasteiger partial charge is 0.122 e. The molecule has 1 N–H and O–H groups in total. The van der Waals surface area contributed by atoms with Crippen LogP contribution >= 0.6 is 0 Å². The summed E-state index contributed by atoms with van der Waals surface area (Å²) in [6.07, 6.45) is 3.87. The number of imidazole rings is 1. The fourth-order valence-electron chi connectivity index (χ4n) is 1.62. The topological polar surface area (TPSA) is 42.3 Å². The highest BCUT2D eigenvalue weighted by Gasteiger charge is 2.01. The van der Waals surface area contributed by atoms with E-state index in [4.69, 9.17) is 4.74 Å². The molecule has 0 atom stereocenters. The number of hydrogen-bond donors (Lipinski definition) is 1. The molecule has 0 saturated heterocycles. The lowest BCUT2D eigenvalue weighted by molar-refractivity contribution is 0.161. The summed E-state index contributed by atoms with van der Waals surface area (Å²) < 4.78 is 7.19. The Bertz CT molecular complexity index is 300. The molecule has 1 rings (SSSR count). The minimum atomic E-state index is 0.788. The predicted octanol–water partition coefficient (Wildman–Crippen LogP) is 0.571. The Morgan fingerprint density at radius 3 is 3.00 bits per heavy atom. The number of aryl methyl sites for hydroxylation is 1.